The molecule has 0 atom stereocenters. The second-order valence-electron chi connectivity index (χ2n) is 26.4. The Morgan fingerprint density at radius 1 is 0.573 bits per heavy atom. The van der Waals surface area contributed by atoms with Crippen molar-refractivity contribution in [2.75, 3.05) is 0 Å². The van der Waals surface area contributed by atoms with Crippen molar-refractivity contribution < 1.29 is 24.5 Å². The summed E-state index contributed by atoms with van der Waals surface area (Å²) in [7, 11) is 0. The topological polar surface area (TPSA) is 35.6 Å². The maximum atomic E-state index is 12.7. The summed E-state index contributed by atoms with van der Waals surface area (Å²) >= 11 is 0.105. The number of benzene rings is 8. The number of halogens is 1. The van der Waals surface area contributed by atoms with Gasteiger partial charge in [-0.2, -0.15) is 0 Å². The Balaban J connectivity index is 0.000000382. The molecule has 0 saturated heterocycles. The molecule has 0 unspecified atom stereocenters. The molecule has 0 fully saturated rings. The average molecular weight is 1320 g/mol. The minimum absolute atomic E-state index is 0. The van der Waals surface area contributed by atoms with Crippen molar-refractivity contribution in [3.8, 4) is 45.1 Å². The van der Waals surface area contributed by atoms with Crippen molar-refractivity contribution in [2.24, 2.45) is 0 Å². The zero-order chi connectivity index (χ0) is 57.2. The van der Waals surface area contributed by atoms with Crippen LogP contribution in [0.1, 0.15) is 141 Å². The first kappa shape index (κ1) is 57.2. The zero-order valence-corrected chi connectivity index (χ0v) is 54.2. The molecule has 1 radical (unpaired) electrons. The van der Waals surface area contributed by atoms with E-state index < -0.39 is 0 Å². The number of para-hydroxylation sites is 1. The molecule has 13 rings (SSSR count). The van der Waals surface area contributed by atoms with Crippen molar-refractivity contribution in [2.45, 2.75) is 132 Å². The van der Waals surface area contributed by atoms with Gasteiger partial charge in [0, 0.05) is 32.1 Å². The Kier molecular flexibility index (Phi) is 14.8. The molecule has 0 saturated carbocycles. The molecule has 415 valence electrons. The number of rotatable bonds is 6. The first-order chi connectivity index (χ1) is 38.4. The quantitative estimate of drug-likeness (QED) is 0.123. The monoisotopic (exact) mass is 1320 g/mol. The molecule has 0 aliphatic carbocycles. The van der Waals surface area contributed by atoms with Gasteiger partial charge in [0.05, 0.1) is 0 Å². The van der Waals surface area contributed by atoms with Crippen LogP contribution in [0, 0.1) is 31.8 Å². The Bertz CT molecular complexity index is 4270. The van der Waals surface area contributed by atoms with Gasteiger partial charge in [-0.05, 0) is 25.1 Å². The predicted octanol–water partition coefficient (Wildman–Crippen LogP) is 15.5. The maximum absolute atomic E-state index is 12.7. The fourth-order valence-electron chi connectivity index (χ4n) is 12.1. The van der Waals surface area contributed by atoms with E-state index in [1.165, 1.54) is 115 Å². The van der Waals surface area contributed by atoms with Crippen molar-refractivity contribution in [1.82, 2.24) is 19.1 Å². The number of aryl methyl sites for hydroxylation is 2. The molecule has 3 aromatic heterocycles. The van der Waals surface area contributed by atoms with Gasteiger partial charge >= 0.3 is 401 Å². The van der Waals surface area contributed by atoms with E-state index in [1.54, 1.807) is 6.07 Å². The standard InChI is InChI=1S/C61H61BN3Se.C13H11FN.Ir/c1-35(2)43-20-17-21-44(36(3)4)56(43)65-51-28-38(22-25-49(51)63-58(65)37-18-15-14-16-19-37)39-29-52-55-54(30-39)66-53-27-24-41(60(8,9)10)33-47(53)62(55)48-34-42(61(11,12)13)32-46-45-31-40(59(5,6)7)23-26-50(45)64(52)57(46)48;1-9-7-13(15-8-10(9)2)11-3-5-12(14)6-4-11;/h14-18,20-36H,1-13H3;3,5-8H,1-2H3;/q2*-1;. The molecular weight excluding hydrogens is 1250 g/mol. The van der Waals surface area contributed by atoms with Gasteiger partial charge in [-0.25, -0.2) is 0 Å². The molecule has 5 heterocycles. The number of fused-ring (bicyclic) bond motifs is 8. The van der Waals surface area contributed by atoms with Crippen LogP contribution in [0.5, 0.6) is 0 Å². The van der Waals surface area contributed by atoms with Crippen LogP contribution in [0.4, 0.5) is 4.39 Å². The van der Waals surface area contributed by atoms with Crippen LogP contribution in [-0.2, 0) is 36.4 Å². The molecule has 0 spiro atoms. The number of hydrogen-bond acceptors (Lipinski definition) is 2. The smallest absolute Gasteiger partial charge is 0.0379 e. The van der Waals surface area contributed by atoms with Gasteiger partial charge in [-0.15, -0.1) is 29.8 Å². The predicted molar refractivity (Wildman–Crippen MR) is 343 cm³/mol. The Morgan fingerprint density at radius 3 is 1.90 bits per heavy atom. The van der Waals surface area contributed by atoms with E-state index in [-0.39, 0.29) is 63.8 Å². The van der Waals surface area contributed by atoms with Crippen molar-refractivity contribution in [1.29, 1.82) is 0 Å². The van der Waals surface area contributed by atoms with Gasteiger partial charge in [0.2, 0.25) is 0 Å². The molecule has 82 heavy (non-hydrogen) atoms. The Morgan fingerprint density at radius 2 is 1.26 bits per heavy atom. The van der Waals surface area contributed by atoms with Crippen LogP contribution in [0.3, 0.4) is 0 Å². The minimum Gasteiger partial charge on any atom is -0.304 e. The van der Waals surface area contributed by atoms with Gasteiger partial charge in [0.1, 0.15) is 0 Å². The van der Waals surface area contributed by atoms with Gasteiger partial charge in [-0.1, -0.05) is 11.6 Å². The van der Waals surface area contributed by atoms with Crippen molar-refractivity contribution >= 4 is 79.8 Å². The number of aromatic nitrogens is 4. The van der Waals surface area contributed by atoms with E-state index in [0.717, 1.165) is 39.2 Å². The third kappa shape index (κ3) is 10.1. The summed E-state index contributed by atoms with van der Waals surface area (Å²) < 4.78 is 20.8. The van der Waals surface area contributed by atoms with Crippen LogP contribution >= 0.6 is 0 Å². The van der Waals surface area contributed by atoms with E-state index in [9.17, 15) is 4.39 Å². The molecule has 0 amide bonds. The van der Waals surface area contributed by atoms with Crippen LogP contribution in [0.15, 0.2) is 152 Å². The number of hydrogen-bond donors (Lipinski definition) is 0. The fourth-order valence-corrected chi connectivity index (χ4v) is 14.6. The molecule has 8 heteroatoms. The second kappa shape index (κ2) is 21.2. The summed E-state index contributed by atoms with van der Waals surface area (Å²) in [6.07, 6.45) is 1.82. The molecular formula is C74H72BFIrN4Se-2. The third-order valence-electron chi connectivity index (χ3n) is 16.9. The van der Waals surface area contributed by atoms with E-state index >= 15 is 0 Å². The Labute approximate surface area is 505 Å². The molecule has 11 aromatic rings. The van der Waals surface area contributed by atoms with Crippen LogP contribution in [-0.4, -0.2) is 40.8 Å². The van der Waals surface area contributed by atoms with Crippen LogP contribution in [0.2, 0.25) is 0 Å². The van der Waals surface area contributed by atoms with E-state index in [2.05, 4.69) is 225 Å². The van der Waals surface area contributed by atoms with Gasteiger partial charge in [0.15, 0.2) is 0 Å². The number of pyridine rings is 1. The average Bonchev–Trinajstić information content (AvgIpc) is 1.57. The first-order valence-corrected chi connectivity index (χ1v) is 30.5. The number of nitrogens with zero attached hydrogens (tertiary/aromatic N) is 4. The summed E-state index contributed by atoms with van der Waals surface area (Å²) in [5.41, 5.74) is 26.0. The van der Waals surface area contributed by atoms with Crippen molar-refractivity contribution in [3.63, 3.8) is 0 Å². The second-order valence-corrected chi connectivity index (χ2v) is 28.7. The summed E-state index contributed by atoms with van der Waals surface area (Å²) in [5, 5.41) is 2.71. The number of imidazole rings is 1. The summed E-state index contributed by atoms with van der Waals surface area (Å²) in [4.78, 5) is 9.71. The summed E-state index contributed by atoms with van der Waals surface area (Å²) in [6.45, 7) is 34.6. The van der Waals surface area contributed by atoms with E-state index in [0.29, 0.717) is 11.8 Å². The summed E-state index contributed by atoms with van der Waals surface area (Å²) in [5.74, 6) is 1.31. The SMILES string of the molecule is CC(C)c1cccc(C(C)C)c1-n1c(-c2[c-]cccc2)nc2ccc(-c3cc4c5c(c3)-n3c6ccc(C(C)(C)C)cc6c6cc(C(C)(C)C)cc(c63)B5c3cc(C(C)(C)C)ccc3[Se]4)cc21.Cc1cnc(-c2[c-]cc(F)cc2)cc1C.[Ir]. The van der Waals surface area contributed by atoms with Crippen LogP contribution in [0.25, 0.3) is 78.0 Å². The largest absolute Gasteiger partial charge is 0.304 e. The normalized spacial score (nSPS) is 12.9. The molecule has 2 aliphatic rings. The molecule has 0 bridgehead atoms. The summed E-state index contributed by atoms with van der Waals surface area (Å²) in [6, 6.07) is 59.9. The maximum Gasteiger partial charge on any atom is 0.0379 e. The van der Waals surface area contributed by atoms with Crippen molar-refractivity contribution in [3.05, 3.63) is 209 Å². The Hall–Kier alpha value is -6.66. The van der Waals surface area contributed by atoms with Gasteiger partial charge in [0.25, 0.3) is 0 Å². The van der Waals surface area contributed by atoms with Crippen LogP contribution < -0.4 is 25.3 Å². The molecule has 0 N–H and O–H groups in total. The first-order valence-electron chi connectivity index (χ1n) is 28.8. The van der Waals surface area contributed by atoms with Gasteiger partial charge in [-0.3, -0.25) is 4.39 Å². The molecule has 2 aliphatic heterocycles. The fraction of sp³-hybridized carbons (Fsp3) is 0.270. The third-order valence-corrected chi connectivity index (χ3v) is 19.3. The molecule has 8 aromatic carbocycles. The van der Waals surface area contributed by atoms with Gasteiger partial charge < -0.3 is 4.98 Å². The van der Waals surface area contributed by atoms with E-state index in [1.807, 2.05) is 38.2 Å². The minimum atomic E-state index is -0.275. The molecule has 4 nitrogen and oxygen atoms in total. The zero-order valence-electron chi connectivity index (χ0n) is 50.1. The van der Waals surface area contributed by atoms with E-state index in [4.69, 9.17) is 4.98 Å².